The van der Waals surface area contributed by atoms with Crippen LogP contribution in [0.3, 0.4) is 0 Å². The maximum absolute atomic E-state index is 14.4. The molecule has 29 heteroatoms. The van der Waals surface area contributed by atoms with Gasteiger partial charge in [-0.05, 0) is 164 Å². The third-order valence-electron chi connectivity index (χ3n) is 25.4. The number of nitriles is 1. The van der Waals surface area contributed by atoms with Gasteiger partial charge in [0.2, 0.25) is 23.6 Å². The van der Waals surface area contributed by atoms with Gasteiger partial charge < -0.3 is 47.7 Å². The van der Waals surface area contributed by atoms with Crippen molar-refractivity contribution in [3.05, 3.63) is 292 Å². The Labute approximate surface area is 753 Å². The van der Waals surface area contributed by atoms with E-state index in [1.165, 1.54) is 44.2 Å². The molecule has 4 saturated heterocycles. The summed E-state index contributed by atoms with van der Waals surface area (Å²) < 4.78 is 61.3. The average molecular weight is 1770 g/mol. The molecule has 0 radical (unpaired) electrons. The Bertz CT molecular complexity index is 6130. The third-order valence-corrected chi connectivity index (χ3v) is 25.4. The number of rotatable bonds is 23. The zero-order chi connectivity index (χ0) is 91.1. The monoisotopic (exact) mass is 1760 g/mol. The highest BCUT2D eigenvalue weighted by Crippen LogP contribution is 2.32. The van der Waals surface area contributed by atoms with Crippen molar-refractivity contribution in [3.8, 4) is 23.3 Å². The molecule has 11 aromatic rings. The zero-order valence-electron chi connectivity index (χ0n) is 74.3. The summed E-state index contributed by atoms with van der Waals surface area (Å²) in [5.41, 5.74) is 17.2. The van der Waals surface area contributed by atoms with Gasteiger partial charge in [-0.25, -0.2) is 37.6 Å². The van der Waals surface area contributed by atoms with Crippen LogP contribution in [0.1, 0.15) is 120 Å². The highest BCUT2D eigenvalue weighted by atomic mass is 19.1. The number of para-hydroxylation sites is 1. The summed E-state index contributed by atoms with van der Waals surface area (Å²) in [6.07, 6.45) is 7.55. The largest absolute Gasteiger partial charge is 0.495 e. The number of nitrogens with zero attached hydrogens (tertiary/aromatic N) is 13. The second-order valence-corrected chi connectivity index (χ2v) is 33.9. The summed E-state index contributed by atoms with van der Waals surface area (Å²) in [5.74, 6) is -1.50. The molecule has 8 aromatic carbocycles. The molecule has 3 aromatic heterocycles. The molecule has 0 saturated carbocycles. The first kappa shape index (κ1) is 91.4. The number of halogens is 2. The van der Waals surface area contributed by atoms with E-state index in [2.05, 4.69) is 58.9 Å². The number of ether oxygens (including phenoxy) is 5. The van der Waals surface area contributed by atoms with Gasteiger partial charge in [-0.15, -0.1) is 0 Å². The van der Waals surface area contributed by atoms with Crippen molar-refractivity contribution < 1.29 is 70.4 Å². The summed E-state index contributed by atoms with van der Waals surface area (Å²) in [4.78, 5) is 124. The Morgan fingerprint density at radius 3 is 1.36 bits per heavy atom. The van der Waals surface area contributed by atoms with Gasteiger partial charge in [0.25, 0.3) is 0 Å². The number of cyclic esters (lactones) is 3. The van der Waals surface area contributed by atoms with Gasteiger partial charge in [0, 0.05) is 175 Å². The standard InChI is InChI=1S/C29H27N5O3.C25H27N3O4.C24H26F2N2O4.C23H27N3O3/c35-28(18-21-5-8-23(9-6-21)34-20-30-19-31-34)33-15-13-32(14-16-33)12-11-22-7-10-25-26(17-22)24-3-1-2-4-27(24)37-29(25)36;1-17-11-19(13-23(31-2)22(17)15-26)14-24(29)28-9-7-27(8-10-28)6-5-18-3-4-21-20(12-18)16-32-25(21)30;1-15-11-20(25)19(23(31-2)22(15)26)13-21(29)28-9-7-27(8-10-28)6-5-16-3-4-18-17(12-16)14-32-24(18)30;1-16-3-5-20(24-17(16)2)14-22(27)26-11-9-25(10-12-26)8-7-18-4-6-21-19(13-18)15-29-23(21)28/h1-10,17,19-20H,11-16,18H2;3-4,11-13H,5-10,14,16H2,1-2H3;3-4,11-12H,5-10,13-14H2,1-2H3;3-6,13H,7-12,14-15H2,1-2H3. The Morgan fingerprint density at radius 2 is 0.900 bits per heavy atom. The Kier molecular flexibility index (Phi) is 29.7. The minimum Gasteiger partial charge on any atom is -0.495 e. The van der Waals surface area contributed by atoms with Crippen LogP contribution in [0.25, 0.3) is 27.4 Å². The van der Waals surface area contributed by atoms with E-state index < -0.39 is 11.6 Å². The van der Waals surface area contributed by atoms with E-state index in [0.29, 0.717) is 117 Å². The fourth-order valence-corrected chi connectivity index (χ4v) is 17.5. The first-order valence-corrected chi connectivity index (χ1v) is 44.3. The lowest BCUT2D eigenvalue weighted by atomic mass is 10.0. The fourth-order valence-electron chi connectivity index (χ4n) is 17.5. The smallest absolute Gasteiger partial charge is 0.344 e. The lowest BCUT2D eigenvalue weighted by Crippen LogP contribution is -2.49. The first-order chi connectivity index (χ1) is 63.0. The molecule has 18 rings (SSSR count). The van der Waals surface area contributed by atoms with Crippen molar-refractivity contribution in [2.45, 2.75) is 98.9 Å². The normalized spacial score (nSPS) is 15.7. The minimum atomic E-state index is -0.635. The molecule has 674 valence electrons. The topological polar surface area (TPSA) is 289 Å². The first-order valence-electron chi connectivity index (χ1n) is 44.3. The second-order valence-electron chi connectivity index (χ2n) is 33.9. The van der Waals surface area contributed by atoms with Gasteiger partial charge in [0.15, 0.2) is 11.6 Å². The number of carbonyl (C=O) groups is 7. The van der Waals surface area contributed by atoms with Gasteiger partial charge in [0.05, 0.1) is 73.2 Å². The van der Waals surface area contributed by atoms with E-state index in [1.54, 1.807) is 22.0 Å². The number of aromatic nitrogens is 4. The lowest BCUT2D eigenvalue weighted by molar-refractivity contribution is -0.133. The number of esters is 3. The maximum Gasteiger partial charge on any atom is 0.344 e. The third kappa shape index (κ3) is 22.5. The molecule has 0 unspecified atom stereocenters. The summed E-state index contributed by atoms with van der Waals surface area (Å²) in [7, 11) is 2.81. The van der Waals surface area contributed by atoms with Gasteiger partial charge in [-0.1, -0.05) is 91.0 Å². The van der Waals surface area contributed by atoms with E-state index in [4.69, 9.17) is 28.1 Å². The van der Waals surface area contributed by atoms with Crippen molar-refractivity contribution in [2.75, 3.05) is 145 Å². The molecule has 130 heavy (non-hydrogen) atoms. The molecule has 4 amide bonds. The highest BCUT2D eigenvalue weighted by molar-refractivity contribution is 6.04. The van der Waals surface area contributed by atoms with Crippen LogP contribution in [0.15, 0.2) is 174 Å². The van der Waals surface area contributed by atoms with E-state index >= 15 is 0 Å². The van der Waals surface area contributed by atoms with Crippen molar-refractivity contribution >= 4 is 63.3 Å². The molecular formula is C101H107F2N13O14. The molecular weight excluding hydrogens is 1660 g/mol. The molecule has 27 nitrogen and oxygen atoms in total. The number of piperazine rings is 4. The number of aryl methyl sites for hydroxylation is 4. The molecule has 0 spiro atoms. The molecule has 0 atom stereocenters. The zero-order valence-corrected chi connectivity index (χ0v) is 74.3. The van der Waals surface area contributed by atoms with Crippen molar-refractivity contribution in [3.63, 3.8) is 0 Å². The summed E-state index contributed by atoms with van der Waals surface area (Å²) in [6.45, 7) is 24.1. The van der Waals surface area contributed by atoms with Crippen LogP contribution in [-0.2, 0) is 105 Å². The van der Waals surface area contributed by atoms with Gasteiger partial charge >= 0.3 is 23.5 Å². The molecule has 10 heterocycles. The van der Waals surface area contributed by atoms with Crippen LogP contribution in [0.4, 0.5) is 8.78 Å². The van der Waals surface area contributed by atoms with Gasteiger partial charge in [0.1, 0.15) is 55.7 Å². The quantitative estimate of drug-likeness (QED) is 0.0249. The molecule has 7 aliphatic heterocycles. The fraction of sp³-hybridized carbons (Fsp3) is 0.366. The van der Waals surface area contributed by atoms with Crippen LogP contribution in [0, 0.1) is 50.7 Å². The molecule has 0 bridgehead atoms. The average Bonchev–Trinajstić information content (AvgIpc) is 1.05. The number of methoxy groups -OCH3 is 2. The second kappa shape index (κ2) is 42.2. The van der Waals surface area contributed by atoms with Crippen molar-refractivity contribution in [1.29, 1.82) is 5.26 Å². The molecule has 4 fully saturated rings. The van der Waals surface area contributed by atoms with E-state index in [-0.39, 0.29) is 70.5 Å². The van der Waals surface area contributed by atoms with Crippen molar-refractivity contribution in [1.82, 2.24) is 58.9 Å². The van der Waals surface area contributed by atoms with Crippen LogP contribution in [-0.4, -0.2) is 246 Å². The Morgan fingerprint density at radius 1 is 0.446 bits per heavy atom. The van der Waals surface area contributed by atoms with Gasteiger partial charge in [-0.3, -0.25) is 43.8 Å². The SMILES string of the molecule is COc1c(F)c(C)cc(F)c1CC(=O)N1CCN(CCc2ccc3c(c2)COC3=O)CC1.COc1cc(CC(=O)N2CCN(CCc3ccc4c(c3)COC4=O)CC2)cc(C)c1C#N.Cc1ccc(CC(=O)N2CCN(CCc3ccc4c(c3)COC4=O)CC2)nc1C.O=C(Cc1ccc(-n2cncn2)cc1)N1CCN(CCc2ccc3c(=O)oc4ccccc4c3c2)CC1. The molecule has 0 aliphatic carbocycles. The van der Waals surface area contributed by atoms with Crippen LogP contribution in [0.5, 0.6) is 11.5 Å². The van der Waals surface area contributed by atoms with Crippen molar-refractivity contribution in [2.24, 2.45) is 0 Å². The molecule has 7 aliphatic rings. The number of amides is 4. The number of benzene rings is 8. The predicted octanol–water partition coefficient (Wildman–Crippen LogP) is 11.1. The van der Waals surface area contributed by atoms with Gasteiger partial charge in [-0.2, -0.15) is 10.4 Å². The number of hydrogen-bond donors (Lipinski definition) is 0. The van der Waals surface area contributed by atoms with Crippen LogP contribution >= 0.6 is 0 Å². The highest BCUT2D eigenvalue weighted by Gasteiger charge is 2.31. The van der Waals surface area contributed by atoms with E-state index in [1.807, 2.05) is 157 Å². The Balaban J connectivity index is 0.000000133. The number of carbonyl (C=O) groups excluding carboxylic acids is 7. The van der Waals surface area contributed by atoms with Crippen LogP contribution in [0.2, 0.25) is 0 Å². The molecule has 0 N–H and O–H groups in total. The summed E-state index contributed by atoms with van der Waals surface area (Å²) in [6, 6.07) is 50.1. The Hall–Kier alpha value is -13.4. The lowest BCUT2D eigenvalue weighted by Gasteiger charge is -2.35. The minimum absolute atomic E-state index is 0.0397. The predicted molar refractivity (Wildman–Crippen MR) is 484 cm³/mol. The summed E-state index contributed by atoms with van der Waals surface area (Å²) in [5, 5.41) is 15.9. The number of fused-ring (bicyclic) bond motifs is 6. The number of hydrogen-bond acceptors (Lipinski definition) is 22. The van der Waals surface area contributed by atoms with E-state index in [0.717, 1.165) is 196 Å². The maximum atomic E-state index is 14.4. The summed E-state index contributed by atoms with van der Waals surface area (Å²) >= 11 is 0. The van der Waals surface area contributed by atoms with E-state index in [9.17, 15) is 52.4 Å². The van der Waals surface area contributed by atoms with Crippen LogP contribution < -0.4 is 15.1 Å². The number of pyridine rings is 1.